The van der Waals surface area contributed by atoms with Crippen LogP contribution in [0, 0.1) is 6.92 Å². The molecule has 3 aromatic rings. The molecule has 0 saturated heterocycles. The number of carbonyl (C=O) groups is 1. The third kappa shape index (κ3) is 6.53. The Morgan fingerprint density at radius 2 is 1.74 bits per heavy atom. The Labute approximate surface area is 193 Å². The zero-order chi connectivity index (χ0) is 24.7. The van der Waals surface area contributed by atoms with Crippen LogP contribution in [-0.2, 0) is 17.5 Å². The Morgan fingerprint density at radius 1 is 1.03 bits per heavy atom. The molecule has 7 nitrogen and oxygen atoms in total. The van der Waals surface area contributed by atoms with Crippen molar-refractivity contribution in [2.24, 2.45) is 0 Å². The highest BCUT2D eigenvalue weighted by Gasteiger charge is 2.30. The molecule has 1 amide bonds. The van der Waals surface area contributed by atoms with Gasteiger partial charge in [-0.1, -0.05) is 6.07 Å². The van der Waals surface area contributed by atoms with Crippen LogP contribution >= 0.6 is 0 Å². The van der Waals surface area contributed by atoms with Gasteiger partial charge >= 0.3 is 6.18 Å². The first-order valence-electron chi connectivity index (χ1n) is 10.2. The van der Waals surface area contributed by atoms with E-state index < -0.39 is 29.7 Å². The van der Waals surface area contributed by atoms with Crippen molar-refractivity contribution in [3.8, 4) is 17.2 Å². The van der Waals surface area contributed by atoms with E-state index in [2.05, 4.69) is 5.32 Å². The van der Waals surface area contributed by atoms with Gasteiger partial charge in [-0.3, -0.25) is 9.59 Å². The number of hydrogen-bond acceptors (Lipinski definition) is 5. The maximum atomic E-state index is 12.8. The molecule has 180 valence electrons. The molecule has 10 heteroatoms. The molecule has 0 atom stereocenters. The summed E-state index contributed by atoms with van der Waals surface area (Å²) in [5.74, 6) is 0.646. The third-order valence-electron chi connectivity index (χ3n) is 4.87. The van der Waals surface area contributed by atoms with Crippen molar-refractivity contribution in [2.45, 2.75) is 19.6 Å². The first kappa shape index (κ1) is 24.7. The van der Waals surface area contributed by atoms with Crippen LogP contribution in [0.5, 0.6) is 17.2 Å². The number of hydrogen-bond donors (Lipinski definition) is 1. The normalized spacial score (nSPS) is 11.1. The molecule has 1 N–H and O–H groups in total. The lowest BCUT2D eigenvalue weighted by atomic mass is 10.2. The maximum Gasteiger partial charge on any atom is 0.416 e. The van der Waals surface area contributed by atoms with Crippen LogP contribution in [0.2, 0.25) is 0 Å². The summed E-state index contributed by atoms with van der Waals surface area (Å²) in [6.45, 7) is 1.84. The average Bonchev–Trinajstić information content (AvgIpc) is 2.80. The van der Waals surface area contributed by atoms with E-state index in [9.17, 15) is 22.8 Å². The molecule has 0 radical (unpaired) electrons. The number of anilines is 1. The van der Waals surface area contributed by atoms with E-state index in [0.29, 0.717) is 30.3 Å². The topological polar surface area (TPSA) is 78.8 Å². The minimum atomic E-state index is -4.53. The number of carbonyl (C=O) groups excluding carboxylic acids is 1. The van der Waals surface area contributed by atoms with Gasteiger partial charge in [-0.15, -0.1) is 0 Å². The Kier molecular flexibility index (Phi) is 7.83. The molecule has 0 fully saturated rings. The summed E-state index contributed by atoms with van der Waals surface area (Å²) in [5, 5.41) is 2.34. The fraction of sp³-hybridized carbons (Fsp3) is 0.250. The number of amides is 1. The van der Waals surface area contributed by atoms with Crippen molar-refractivity contribution >= 4 is 11.6 Å². The van der Waals surface area contributed by atoms with E-state index in [1.54, 1.807) is 49.1 Å². The van der Waals surface area contributed by atoms with Crippen LogP contribution in [0.4, 0.5) is 18.9 Å². The summed E-state index contributed by atoms with van der Waals surface area (Å²) in [6, 6.07) is 12.6. The molecular weight excluding hydrogens is 453 g/mol. The van der Waals surface area contributed by atoms with Crippen molar-refractivity contribution in [2.75, 3.05) is 25.6 Å². The van der Waals surface area contributed by atoms with Gasteiger partial charge in [0.1, 0.15) is 18.1 Å². The number of aromatic nitrogens is 1. The molecule has 3 rings (SSSR count). The molecule has 34 heavy (non-hydrogen) atoms. The third-order valence-corrected chi connectivity index (χ3v) is 4.87. The summed E-state index contributed by atoms with van der Waals surface area (Å²) < 4.78 is 56.4. The fourth-order valence-corrected chi connectivity index (χ4v) is 3.11. The molecule has 0 unspecified atom stereocenters. The lowest BCUT2D eigenvalue weighted by Gasteiger charge is -2.15. The minimum absolute atomic E-state index is 0.0221. The van der Waals surface area contributed by atoms with Crippen LogP contribution in [0.3, 0.4) is 0 Å². The van der Waals surface area contributed by atoms with Gasteiger partial charge in [0.25, 0.3) is 5.91 Å². The summed E-state index contributed by atoms with van der Waals surface area (Å²) >= 11 is 0. The number of pyridine rings is 1. The predicted molar refractivity (Wildman–Crippen MR) is 119 cm³/mol. The minimum Gasteiger partial charge on any atom is -0.497 e. The van der Waals surface area contributed by atoms with Crippen molar-refractivity contribution < 1.29 is 32.2 Å². The molecule has 0 saturated carbocycles. The summed E-state index contributed by atoms with van der Waals surface area (Å²) in [7, 11) is 1.57. The number of halogens is 3. The first-order chi connectivity index (χ1) is 16.2. The van der Waals surface area contributed by atoms with Gasteiger partial charge in [-0.05, 0) is 49.4 Å². The molecule has 1 aromatic heterocycles. The quantitative estimate of drug-likeness (QED) is 0.499. The summed E-state index contributed by atoms with van der Waals surface area (Å²) in [4.78, 5) is 24.4. The van der Waals surface area contributed by atoms with Gasteiger partial charge in [0.15, 0.2) is 12.4 Å². The van der Waals surface area contributed by atoms with E-state index in [4.69, 9.17) is 14.2 Å². The highest BCUT2D eigenvalue weighted by atomic mass is 19.4. The van der Waals surface area contributed by atoms with Gasteiger partial charge in [0, 0.05) is 18.0 Å². The van der Waals surface area contributed by atoms with Crippen LogP contribution in [0.25, 0.3) is 0 Å². The molecule has 0 spiro atoms. The average molecular weight is 476 g/mol. The monoisotopic (exact) mass is 476 g/mol. The molecule has 1 heterocycles. The smallest absolute Gasteiger partial charge is 0.416 e. The lowest BCUT2D eigenvalue weighted by Crippen LogP contribution is -2.24. The molecular formula is C24H23F3N2O5. The molecule has 0 aliphatic heterocycles. The summed E-state index contributed by atoms with van der Waals surface area (Å²) in [6.07, 6.45) is -2.94. The second-order valence-electron chi connectivity index (χ2n) is 7.23. The zero-order valence-corrected chi connectivity index (χ0v) is 18.5. The zero-order valence-electron chi connectivity index (χ0n) is 18.5. The number of nitrogens with one attached hydrogen (secondary N) is 1. The number of ether oxygens (including phenoxy) is 3. The molecule has 0 aliphatic rings. The van der Waals surface area contributed by atoms with Crippen LogP contribution in [0.15, 0.2) is 65.6 Å². The second kappa shape index (κ2) is 10.8. The molecule has 0 bridgehead atoms. The largest absolute Gasteiger partial charge is 0.497 e. The van der Waals surface area contributed by atoms with Gasteiger partial charge in [0.05, 0.1) is 24.9 Å². The van der Waals surface area contributed by atoms with Crippen molar-refractivity contribution in [1.29, 1.82) is 0 Å². The number of nitrogens with zero attached hydrogens (tertiary/aromatic N) is 1. The van der Waals surface area contributed by atoms with Gasteiger partial charge < -0.3 is 24.1 Å². The fourth-order valence-electron chi connectivity index (χ4n) is 3.11. The SMILES string of the molecule is COc1ccc(OCCn2ccc(=O)c(OCC(=O)Nc3cccc(C(F)(F)F)c3)c2C)cc1. The number of rotatable bonds is 9. The van der Waals surface area contributed by atoms with Crippen molar-refractivity contribution in [3.63, 3.8) is 0 Å². The van der Waals surface area contributed by atoms with E-state index in [1.807, 2.05) is 0 Å². The van der Waals surface area contributed by atoms with Gasteiger partial charge in [-0.2, -0.15) is 13.2 Å². The molecule has 2 aromatic carbocycles. The highest BCUT2D eigenvalue weighted by molar-refractivity contribution is 5.91. The predicted octanol–water partition coefficient (Wildman–Crippen LogP) is 4.28. The Balaban J connectivity index is 1.58. The van der Waals surface area contributed by atoms with Crippen molar-refractivity contribution in [1.82, 2.24) is 4.57 Å². The van der Waals surface area contributed by atoms with E-state index >= 15 is 0 Å². The van der Waals surface area contributed by atoms with Gasteiger partial charge in [0.2, 0.25) is 5.43 Å². The van der Waals surface area contributed by atoms with Crippen LogP contribution in [0.1, 0.15) is 11.3 Å². The van der Waals surface area contributed by atoms with E-state index in [-0.39, 0.29) is 11.4 Å². The van der Waals surface area contributed by atoms with Gasteiger partial charge in [-0.25, -0.2) is 0 Å². The maximum absolute atomic E-state index is 12.8. The molecule has 0 aliphatic carbocycles. The highest BCUT2D eigenvalue weighted by Crippen LogP contribution is 2.30. The Morgan fingerprint density at radius 3 is 2.41 bits per heavy atom. The van der Waals surface area contributed by atoms with Crippen LogP contribution < -0.4 is 25.0 Å². The van der Waals surface area contributed by atoms with Crippen LogP contribution in [-0.4, -0.2) is 30.8 Å². The Hall–Kier alpha value is -3.95. The standard InChI is InChI=1S/C24H23F3N2O5/c1-16-23(34-15-22(31)28-18-5-3-4-17(14-18)24(25,26)27)21(30)10-11-29(16)12-13-33-20-8-6-19(32-2)7-9-20/h3-11,14H,12-13,15H2,1-2H3,(H,28,31). The van der Waals surface area contributed by atoms with E-state index in [1.165, 1.54) is 18.2 Å². The number of alkyl halides is 3. The lowest BCUT2D eigenvalue weighted by molar-refractivity contribution is -0.137. The van der Waals surface area contributed by atoms with Crippen molar-refractivity contribution in [3.05, 3.63) is 82.3 Å². The number of benzene rings is 2. The second-order valence-corrected chi connectivity index (χ2v) is 7.23. The number of methoxy groups -OCH3 is 1. The summed E-state index contributed by atoms with van der Waals surface area (Å²) in [5.41, 5.74) is -0.847. The first-order valence-corrected chi connectivity index (χ1v) is 10.2. The van der Waals surface area contributed by atoms with E-state index in [0.717, 1.165) is 12.1 Å². The Bertz CT molecular complexity index is 1190.